The Bertz CT molecular complexity index is 610. The van der Waals surface area contributed by atoms with E-state index in [1.54, 1.807) is 7.11 Å². The number of benzene rings is 2. The van der Waals surface area contributed by atoms with E-state index in [1.807, 2.05) is 48.7 Å². The SMILES string of the molecule is COc1cc(C=Nc2ccccc2)[c-]c(C(C)(C)C)c1.Cl.Cl.[Ti]. The van der Waals surface area contributed by atoms with Crippen LogP contribution in [0.3, 0.4) is 0 Å². The minimum atomic E-state index is 0. The Labute approximate surface area is 166 Å². The van der Waals surface area contributed by atoms with Gasteiger partial charge in [0.2, 0.25) is 0 Å². The molecule has 0 amide bonds. The number of hydrogen-bond acceptors (Lipinski definition) is 2. The standard InChI is InChI=1S/C18H20NO.2ClH.Ti/c1-18(2,3)15-10-14(11-17(12-15)20-4)13-19-16-8-6-5-7-9-16;;;/h5-9,11-13H,1-4H3;2*1H;/q-1;;;. The molecule has 5 heteroatoms. The predicted octanol–water partition coefficient (Wildman–Crippen LogP) is 5.38. The molecule has 0 bridgehead atoms. The third kappa shape index (κ3) is 7.54. The number of rotatable bonds is 3. The fourth-order valence-electron chi connectivity index (χ4n) is 1.81. The molecular weight excluding hydrogens is 365 g/mol. The van der Waals surface area contributed by atoms with Crippen molar-refractivity contribution in [2.24, 2.45) is 4.99 Å². The van der Waals surface area contributed by atoms with Gasteiger partial charge in [-0.15, -0.1) is 48.1 Å². The number of aliphatic imine (C=N–C) groups is 1. The van der Waals surface area contributed by atoms with E-state index in [9.17, 15) is 0 Å². The molecule has 0 spiro atoms. The van der Waals surface area contributed by atoms with E-state index < -0.39 is 0 Å². The molecule has 0 radical (unpaired) electrons. The molecule has 2 aromatic rings. The zero-order valence-corrected chi connectivity index (χ0v) is 17.0. The molecule has 0 aliphatic carbocycles. The fraction of sp³-hybridized carbons (Fsp3) is 0.278. The van der Waals surface area contributed by atoms with Crippen molar-refractivity contribution in [3.63, 3.8) is 0 Å². The largest absolute Gasteiger partial charge is 0.516 e. The molecule has 0 unspecified atom stereocenters. The van der Waals surface area contributed by atoms with Gasteiger partial charge in [0, 0.05) is 27.5 Å². The second kappa shape index (κ2) is 10.9. The van der Waals surface area contributed by atoms with Crippen molar-refractivity contribution in [2.75, 3.05) is 7.11 Å². The molecule has 0 N–H and O–H groups in total. The molecule has 0 atom stereocenters. The minimum absolute atomic E-state index is 0. The Balaban J connectivity index is 0. The predicted molar refractivity (Wildman–Crippen MR) is 98.7 cm³/mol. The maximum Gasteiger partial charge on any atom is 0.0751 e. The first kappa shape index (κ1) is 24.5. The van der Waals surface area contributed by atoms with Gasteiger partial charge in [0.1, 0.15) is 0 Å². The quantitative estimate of drug-likeness (QED) is 0.394. The van der Waals surface area contributed by atoms with Crippen LogP contribution in [0.1, 0.15) is 31.9 Å². The minimum Gasteiger partial charge on any atom is -0.516 e. The number of nitrogens with zero attached hydrogens (tertiary/aromatic N) is 1. The zero-order valence-electron chi connectivity index (χ0n) is 13.8. The van der Waals surface area contributed by atoms with E-state index in [1.165, 1.54) is 0 Å². The van der Waals surface area contributed by atoms with Crippen molar-refractivity contribution in [1.82, 2.24) is 0 Å². The van der Waals surface area contributed by atoms with Crippen LogP contribution < -0.4 is 4.74 Å². The summed E-state index contributed by atoms with van der Waals surface area (Å²) in [6.07, 6.45) is 1.83. The van der Waals surface area contributed by atoms with Crippen LogP contribution in [-0.4, -0.2) is 13.3 Å². The van der Waals surface area contributed by atoms with Crippen LogP contribution in [0.2, 0.25) is 0 Å². The molecule has 0 saturated carbocycles. The third-order valence-corrected chi connectivity index (χ3v) is 3.02. The summed E-state index contributed by atoms with van der Waals surface area (Å²) in [6.45, 7) is 6.49. The molecule has 23 heavy (non-hydrogen) atoms. The van der Waals surface area contributed by atoms with Crippen molar-refractivity contribution in [1.29, 1.82) is 0 Å². The number of methoxy groups -OCH3 is 1. The molecule has 124 valence electrons. The molecule has 0 aliphatic heterocycles. The molecule has 2 rings (SSSR count). The van der Waals surface area contributed by atoms with Gasteiger partial charge in [0.25, 0.3) is 0 Å². The summed E-state index contributed by atoms with van der Waals surface area (Å²) in [4.78, 5) is 4.46. The van der Waals surface area contributed by atoms with Crippen LogP contribution >= 0.6 is 24.8 Å². The Morgan fingerprint density at radius 1 is 1.04 bits per heavy atom. The van der Waals surface area contributed by atoms with E-state index in [0.29, 0.717) is 0 Å². The molecule has 0 aromatic heterocycles. The third-order valence-electron chi connectivity index (χ3n) is 3.02. The van der Waals surface area contributed by atoms with Gasteiger partial charge in [-0.3, -0.25) is 0 Å². The van der Waals surface area contributed by atoms with Gasteiger partial charge in [-0.05, 0) is 23.8 Å². The molecule has 0 fully saturated rings. The maximum atomic E-state index is 5.36. The first-order chi connectivity index (χ1) is 9.49. The summed E-state index contributed by atoms with van der Waals surface area (Å²) < 4.78 is 5.36. The van der Waals surface area contributed by atoms with Crippen LogP contribution in [0.5, 0.6) is 5.75 Å². The summed E-state index contributed by atoms with van der Waals surface area (Å²) in [5, 5.41) is 0. The van der Waals surface area contributed by atoms with Crippen LogP contribution in [0.25, 0.3) is 0 Å². The number of para-hydroxylation sites is 1. The van der Waals surface area contributed by atoms with E-state index in [-0.39, 0.29) is 51.9 Å². The van der Waals surface area contributed by atoms with Gasteiger partial charge >= 0.3 is 0 Å². The molecule has 0 saturated heterocycles. The monoisotopic (exact) mass is 386 g/mol. The Morgan fingerprint density at radius 2 is 1.65 bits per heavy atom. The average Bonchev–Trinajstić information content (AvgIpc) is 2.45. The van der Waals surface area contributed by atoms with Crippen molar-refractivity contribution >= 4 is 36.7 Å². The summed E-state index contributed by atoms with van der Waals surface area (Å²) in [5.74, 6) is 0.836. The second-order valence-corrected chi connectivity index (χ2v) is 5.73. The molecule has 2 aromatic carbocycles. The molecule has 2 nitrogen and oxygen atoms in total. The van der Waals surface area contributed by atoms with Gasteiger partial charge in [0.05, 0.1) is 12.8 Å². The molecule has 0 heterocycles. The summed E-state index contributed by atoms with van der Waals surface area (Å²) in [6, 6.07) is 17.3. The van der Waals surface area contributed by atoms with Gasteiger partial charge in [0.15, 0.2) is 0 Å². The van der Waals surface area contributed by atoms with Crippen LogP contribution in [0.15, 0.2) is 47.5 Å². The van der Waals surface area contributed by atoms with Crippen molar-refractivity contribution in [3.05, 3.63) is 59.7 Å². The van der Waals surface area contributed by atoms with Crippen molar-refractivity contribution < 1.29 is 26.5 Å². The first-order valence-corrected chi connectivity index (χ1v) is 6.70. The maximum absolute atomic E-state index is 5.36. The summed E-state index contributed by atoms with van der Waals surface area (Å²) in [5.41, 5.74) is 3.01. The van der Waals surface area contributed by atoms with Gasteiger partial charge in [-0.1, -0.05) is 45.0 Å². The van der Waals surface area contributed by atoms with Gasteiger partial charge < -0.3 is 9.73 Å². The first-order valence-electron chi connectivity index (χ1n) is 6.70. The zero-order chi connectivity index (χ0) is 14.6. The smallest absolute Gasteiger partial charge is 0.0751 e. The topological polar surface area (TPSA) is 21.6 Å². The van der Waals surface area contributed by atoms with E-state index in [4.69, 9.17) is 4.74 Å². The Morgan fingerprint density at radius 3 is 2.17 bits per heavy atom. The molecule has 0 aliphatic rings. The van der Waals surface area contributed by atoms with E-state index in [0.717, 1.165) is 22.6 Å². The second-order valence-electron chi connectivity index (χ2n) is 5.73. The Hall–Kier alpha value is -0.796. The van der Waals surface area contributed by atoms with Gasteiger partial charge in [-0.2, -0.15) is 0 Å². The van der Waals surface area contributed by atoms with Crippen molar-refractivity contribution in [3.8, 4) is 5.75 Å². The average molecular weight is 387 g/mol. The number of halogens is 2. The van der Waals surface area contributed by atoms with Crippen LogP contribution in [0.4, 0.5) is 5.69 Å². The Kier molecular flexibility index (Phi) is 11.6. The van der Waals surface area contributed by atoms with E-state index >= 15 is 0 Å². The normalized spacial score (nSPS) is 10.3. The fourth-order valence-corrected chi connectivity index (χ4v) is 1.81. The number of ether oxygens (including phenoxy) is 1. The number of hydrogen-bond donors (Lipinski definition) is 0. The summed E-state index contributed by atoms with van der Waals surface area (Å²) in [7, 11) is 1.68. The van der Waals surface area contributed by atoms with E-state index in [2.05, 4.69) is 31.8 Å². The van der Waals surface area contributed by atoms with Crippen LogP contribution in [-0.2, 0) is 27.1 Å². The van der Waals surface area contributed by atoms with Crippen LogP contribution in [0, 0.1) is 6.07 Å². The molecular formula is C18H22Cl2NOTi-. The van der Waals surface area contributed by atoms with Gasteiger partial charge in [-0.25, -0.2) is 0 Å². The van der Waals surface area contributed by atoms with Crippen molar-refractivity contribution in [2.45, 2.75) is 26.2 Å². The summed E-state index contributed by atoms with van der Waals surface area (Å²) >= 11 is 0.